The minimum Gasteiger partial charge on any atom is -0.321 e. The Hall–Kier alpha value is -2.43. The maximum Gasteiger partial charge on any atom is 0.289 e. The van der Waals surface area contributed by atoms with Gasteiger partial charge in [-0.2, -0.15) is 13.9 Å². The highest BCUT2D eigenvalue weighted by atomic mass is 32.2. The third kappa shape index (κ3) is 3.48. The summed E-state index contributed by atoms with van der Waals surface area (Å²) in [6, 6.07) is 2.58. The first-order valence-corrected chi connectivity index (χ1v) is 11.2. The first-order valence-electron chi connectivity index (χ1n) is 9.34. The van der Waals surface area contributed by atoms with Crippen molar-refractivity contribution in [2.45, 2.75) is 56.3 Å². The second-order valence-electron chi connectivity index (χ2n) is 8.66. The van der Waals surface area contributed by atoms with E-state index in [-0.39, 0.29) is 33.9 Å². The molecular formula is C19H21F3N4O3S. The third-order valence-electron chi connectivity index (χ3n) is 5.75. The van der Waals surface area contributed by atoms with Crippen molar-refractivity contribution in [2.75, 3.05) is 11.6 Å². The average molecular weight is 442 g/mol. The van der Waals surface area contributed by atoms with E-state index in [1.54, 1.807) is 0 Å². The number of rotatable bonds is 6. The second-order valence-corrected chi connectivity index (χ2v) is 10.6. The second kappa shape index (κ2) is 6.29. The number of alkyl halides is 3. The third-order valence-corrected chi connectivity index (χ3v) is 6.74. The van der Waals surface area contributed by atoms with Crippen LogP contribution in [0, 0.1) is 12.3 Å². The summed E-state index contributed by atoms with van der Waals surface area (Å²) in [6.07, 6.45) is 3.21. The Bertz CT molecular complexity index is 1130. The molecule has 0 saturated heterocycles. The van der Waals surface area contributed by atoms with Crippen molar-refractivity contribution in [3.63, 3.8) is 0 Å². The van der Waals surface area contributed by atoms with Gasteiger partial charge in [-0.1, -0.05) is 0 Å². The molecule has 2 aromatic rings. The molecule has 1 N–H and O–H groups in total. The van der Waals surface area contributed by atoms with Crippen LogP contribution in [0.1, 0.15) is 47.9 Å². The summed E-state index contributed by atoms with van der Waals surface area (Å²) in [6.45, 7) is 2.26. The highest BCUT2D eigenvalue weighted by molar-refractivity contribution is 7.90. The lowest BCUT2D eigenvalue weighted by atomic mass is 9.42. The molecule has 2 heterocycles. The summed E-state index contributed by atoms with van der Waals surface area (Å²) in [7, 11) is -3.59. The van der Waals surface area contributed by atoms with Crippen molar-refractivity contribution in [2.24, 2.45) is 5.41 Å². The van der Waals surface area contributed by atoms with Gasteiger partial charge in [0.05, 0.1) is 0 Å². The fourth-order valence-corrected chi connectivity index (χ4v) is 5.19. The van der Waals surface area contributed by atoms with Crippen molar-refractivity contribution in [1.29, 1.82) is 0 Å². The van der Waals surface area contributed by atoms with E-state index in [1.807, 2.05) is 0 Å². The van der Waals surface area contributed by atoms with E-state index >= 15 is 0 Å². The molecule has 5 rings (SSSR count). The van der Waals surface area contributed by atoms with Gasteiger partial charge in [0.1, 0.15) is 17.1 Å². The number of carbonyl (C=O) groups is 1. The maximum absolute atomic E-state index is 14.0. The molecule has 162 valence electrons. The lowest BCUT2D eigenvalue weighted by Gasteiger charge is -2.65. The summed E-state index contributed by atoms with van der Waals surface area (Å²) >= 11 is 0. The Kier molecular flexibility index (Phi) is 4.36. The van der Waals surface area contributed by atoms with Gasteiger partial charge in [-0.3, -0.25) is 9.48 Å². The van der Waals surface area contributed by atoms with E-state index in [0.717, 1.165) is 6.26 Å². The fourth-order valence-electron chi connectivity index (χ4n) is 4.60. The highest BCUT2D eigenvalue weighted by Gasteiger charge is 2.69. The quantitative estimate of drug-likeness (QED) is 0.741. The first-order chi connectivity index (χ1) is 13.7. The van der Waals surface area contributed by atoms with Crippen molar-refractivity contribution in [1.82, 2.24) is 14.8 Å². The Morgan fingerprint density at radius 1 is 1.33 bits per heavy atom. The molecule has 3 aliphatic rings. The molecule has 0 aromatic carbocycles. The SMILES string of the molecule is Cc1c(C(C)(F)F)nn(CC23CC(F)(C2)C3)c1C(=O)Nc1ccnc(S(C)(=O)=O)c1. The monoisotopic (exact) mass is 442 g/mol. The highest BCUT2D eigenvalue weighted by Crippen LogP contribution is 2.70. The van der Waals surface area contributed by atoms with Gasteiger partial charge in [0.15, 0.2) is 14.9 Å². The minimum absolute atomic E-state index is 0.0268. The first kappa shape index (κ1) is 20.8. The van der Waals surface area contributed by atoms with Crippen molar-refractivity contribution >= 4 is 21.4 Å². The van der Waals surface area contributed by atoms with Crippen LogP contribution in [0.2, 0.25) is 0 Å². The number of pyridine rings is 1. The Labute approximate surface area is 171 Å². The largest absolute Gasteiger partial charge is 0.321 e. The van der Waals surface area contributed by atoms with Gasteiger partial charge in [-0.05, 0) is 43.7 Å². The van der Waals surface area contributed by atoms with Crippen molar-refractivity contribution < 1.29 is 26.4 Å². The molecular weight excluding hydrogens is 421 g/mol. The zero-order valence-electron chi connectivity index (χ0n) is 16.7. The number of carbonyl (C=O) groups excluding carboxylic acids is 1. The van der Waals surface area contributed by atoms with E-state index < -0.39 is 33.0 Å². The van der Waals surface area contributed by atoms with Crippen LogP contribution < -0.4 is 5.32 Å². The molecule has 1 amide bonds. The molecule has 0 spiro atoms. The van der Waals surface area contributed by atoms with Crippen LogP contribution >= 0.6 is 0 Å². The summed E-state index contributed by atoms with van der Waals surface area (Å²) < 4.78 is 66.6. The molecule has 3 saturated carbocycles. The number of sulfone groups is 1. The van der Waals surface area contributed by atoms with Gasteiger partial charge in [0, 0.05) is 37.2 Å². The number of nitrogens with zero attached hydrogens (tertiary/aromatic N) is 3. The fraction of sp³-hybridized carbons (Fsp3) is 0.526. The smallest absolute Gasteiger partial charge is 0.289 e. The standard InChI is InChI=1S/C19H21F3N4O3S/c1-11-14(16(27)24-12-4-5-23-13(6-12)30(3,28)29)26(25-15(11)17(2,20)21)10-18-7-19(22,8-18)9-18/h4-6H,7-10H2,1-3H3,(H,23,24,27). The normalized spacial score (nSPS) is 25.4. The van der Waals surface area contributed by atoms with Gasteiger partial charge in [-0.15, -0.1) is 0 Å². The molecule has 11 heteroatoms. The zero-order chi connectivity index (χ0) is 22.1. The van der Waals surface area contributed by atoms with Crippen molar-refractivity contribution in [3.05, 3.63) is 35.3 Å². The molecule has 2 aromatic heterocycles. The number of hydrogen-bond acceptors (Lipinski definition) is 5. The van der Waals surface area contributed by atoms with E-state index in [1.165, 1.54) is 29.9 Å². The van der Waals surface area contributed by atoms with Gasteiger partial charge in [0.2, 0.25) is 0 Å². The maximum atomic E-state index is 14.0. The lowest BCUT2D eigenvalue weighted by Crippen LogP contribution is -2.65. The Morgan fingerprint density at radius 2 is 1.97 bits per heavy atom. The van der Waals surface area contributed by atoms with Crippen LogP contribution in [-0.2, 0) is 22.3 Å². The van der Waals surface area contributed by atoms with Gasteiger partial charge < -0.3 is 5.32 Å². The van der Waals surface area contributed by atoms with E-state index in [0.29, 0.717) is 26.2 Å². The number of anilines is 1. The van der Waals surface area contributed by atoms with E-state index in [9.17, 15) is 26.4 Å². The molecule has 0 unspecified atom stereocenters. The summed E-state index contributed by atoms with van der Waals surface area (Å²) in [5.74, 6) is -3.96. The van der Waals surface area contributed by atoms with Gasteiger partial charge >= 0.3 is 0 Å². The molecule has 0 radical (unpaired) electrons. The predicted molar refractivity (Wildman–Crippen MR) is 102 cm³/mol. The number of halogens is 3. The van der Waals surface area contributed by atoms with Crippen LogP contribution in [0.25, 0.3) is 0 Å². The number of aromatic nitrogens is 3. The Morgan fingerprint density at radius 3 is 2.50 bits per heavy atom. The lowest BCUT2D eigenvalue weighted by molar-refractivity contribution is -0.221. The minimum atomic E-state index is -3.59. The molecule has 3 aliphatic carbocycles. The molecule has 7 nitrogen and oxygen atoms in total. The number of nitrogens with one attached hydrogen (secondary N) is 1. The van der Waals surface area contributed by atoms with Crippen LogP contribution in [0.4, 0.5) is 18.9 Å². The van der Waals surface area contributed by atoms with Crippen molar-refractivity contribution in [3.8, 4) is 0 Å². The molecule has 0 atom stereocenters. The Balaban J connectivity index is 1.67. The van der Waals surface area contributed by atoms with Crippen LogP contribution in [0.5, 0.6) is 0 Å². The summed E-state index contributed by atoms with van der Waals surface area (Å²) in [5.41, 5.74) is -1.91. The summed E-state index contributed by atoms with van der Waals surface area (Å²) in [4.78, 5) is 16.7. The van der Waals surface area contributed by atoms with Crippen LogP contribution in [-0.4, -0.2) is 41.0 Å². The van der Waals surface area contributed by atoms with Gasteiger partial charge in [0.25, 0.3) is 11.8 Å². The topological polar surface area (TPSA) is 93.9 Å². The molecule has 3 fully saturated rings. The van der Waals surface area contributed by atoms with Gasteiger partial charge in [-0.25, -0.2) is 17.8 Å². The average Bonchev–Trinajstić information content (AvgIpc) is 2.88. The van der Waals surface area contributed by atoms with Crippen LogP contribution in [0.3, 0.4) is 0 Å². The van der Waals surface area contributed by atoms with E-state index in [4.69, 9.17) is 0 Å². The van der Waals surface area contributed by atoms with E-state index in [2.05, 4.69) is 15.4 Å². The zero-order valence-corrected chi connectivity index (χ0v) is 17.5. The summed E-state index contributed by atoms with van der Waals surface area (Å²) in [5, 5.41) is 6.30. The molecule has 30 heavy (non-hydrogen) atoms. The predicted octanol–water partition coefficient (Wildman–Crippen LogP) is 3.25. The van der Waals surface area contributed by atoms with Crippen LogP contribution in [0.15, 0.2) is 23.4 Å². The number of amides is 1. The molecule has 0 aliphatic heterocycles. The number of hydrogen-bond donors (Lipinski definition) is 1. The molecule has 2 bridgehead atoms.